The van der Waals surface area contributed by atoms with Gasteiger partial charge in [-0.1, -0.05) is 15.1 Å². The minimum atomic E-state index is -5.17. The summed E-state index contributed by atoms with van der Waals surface area (Å²) >= 11 is 0. The molecule has 0 radical (unpaired) electrons. The van der Waals surface area contributed by atoms with Crippen LogP contribution in [0.15, 0.2) is 40.9 Å². The zero-order chi connectivity index (χ0) is 26.4. The van der Waals surface area contributed by atoms with Gasteiger partial charge in [-0.3, -0.25) is 4.79 Å². The molecule has 196 valence electrons. The van der Waals surface area contributed by atoms with E-state index in [1.807, 2.05) is 0 Å². The number of phenols is 1. The molecule has 2 aromatic carbocycles. The lowest BCUT2D eigenvalue weighted by atomic mass is 9.53. The van der Waals surface area contributed by atoms with Crippen LogP contribution in [0.2, 0.25) is 0 Å². The molecule has 3 saturated carbocycles. The number of nitrogens with one attached hydrogen (secondary N) is 1. The summed E-state index contributed by atoms with van der Waals surface area (Å²) in [7, 11) is -5.17. The van der Waals surface area contributed by atoms with Crippen LogP contribution in [0.3, 0.4) is 0 Å². The van der Waals surface area contributed by atoms with Crippen molar-refractivity contribution in [1.82, 2.24) is 15.5 Å². The second-order valence-electron chi connectivity index (χ2n) is 9.68. The van der Waals surface area contributed by atoms with Gasteiger partial charge in [-0.15, -0.1) is 0 Å². The van der Waals surface area contributed by atoms with Crippen LogP contribution in [-0.2, 0) is 15.9 Å². The standard InChI is InChI=1S/C24H22F3N3O6S/c25-17-11-15(12-18(26)19(17)31)20(32)28-13-23-4-7-24(8-5-23,9-6-23)22-29-21(35-30-22)14-2-1-3-16(10-14)36-37(27,33)34/h1-3,10-12,31H,4-9,13H2,(H,28,32). The lowest BCUT2D eigenvalue weighted by molar-refractivity contribution is 0.0335. The summed E-state index contributed by atoms with van der Waals surface area (Å²) in [5.41, 5.74) is -0.306. The Balaban J connectivity index is 1.24. The summed E-state index contributed by atoms with van der Waals surface area (Å²) < 4.78 is 71.3. The fraction of sp³-hybridized carbons (Fsp3) is 0.375. The zero-order valence-electron chi connectivity index (χ0n) is 19.3. The van der Waals surface area contributed by atoms with E-state index in [0.717, 1.165) is 50.7 Å². The Morgan fingerprint density at radius 2 is 1.73 bits per heavy atom. The van der Waals surface area contributed by atoms with Crippen molar-refractivity contribution in [2.45, 2.75) is 43.9 Å². The largest absolute Gasteiger partial charge is 0.503 e. The number of fused-ring (bicyclic) bond motifs is 3. The van der Waals surface area contributed by atoms with Gasteiger partial charge in [0.1, 0.15) is 5.75 Å². The van der Waals surface area contributed by atoms with Crippen molar-refractivity contribution in [3.05, 3.63) is 59.4 Å². The van der Waals surface area contributed by atoms with Gasteiger partial charge >= 0.3 is 10.5 Å². The summed E-state index contributed by atoms with van der Waals surface area (Å²) in [4.78, 5) is 17.0. The van der Waals surface area contributed by atoms with Gasteiger partial charge in [-0.05, 0) is 74.3 Å². The van der Waals surface area contributed by atoms with Gasteiger partial charge in [0.2, 0.25) is 0 Å². The first-order chi connectivity index (χ1) is 17.5. The van der Waals surface area contributed by atoms with E-state index < -0.39 is 33.8 Å². The maximum absolute atomic E-state index is 13.6. The van der Waals surface area contributed by atoms with Crippen LogP contribution in [0.25, 0.3) is 11.5 Å². The highest BCUT2D eigenvalue weighted by Gasteiger charge is 2.51. The second-order valence-corrected chi connectivity index (χ2v) is 10.6. The van der Waals surface area contributed by atoms with Gasteiger partial charge in [-0.2, -0.15) is 13.4 Å². The highest BCUT2D eigenvalue weighted by molar-refractivity contribution is 7.81. The van der Waals surface area contributed by atoms with Gasteiger partial charge < -0.3 is 19.1 Å². The number of hydrogen-bond donors (Lipinski definition) is 2. The van der Waals surface area contributed by atoms with Gasteiger partial charge in [0.15, 0.2) is 23.2 Å². The van der Waals surface area contributed by atoms with Gasteiger partial charge in [0.05, 0.1) is 0 Å². The Bertz CT molecular complexity index is 1430. The molecule has 0 unspecified atom stereocenters. The molecule has 0 aliphatic heterocycles. The first-order valence-electron chi connectivity index (χ1n) is 11.5. The van der Waals surface area contributed by atoms with E-state index in [4.69, 9.17) is 4.52 Å². The summed E-state index contributed by atoms with van der Waals surface area (Å²) in [6, 6.07) is 7.24. The molecule has 3 fully saturated rings. The van der Waals surface area contributed by atoms with Crippen LogP contribution in [-0.4, -0.2) is 36.1 Å². The first kappa shape index (κ1) is 25.1. The molecule has 3 aliphatic rings. The number of halogens is 3. The highest BCUT2D eigenvalue weighted by atomic mass is 32.3. The second kappa shape index (κ2) is 9.05. The summed E-state index contributed by atoms with van der Waals surface area (Å²) in [6.45, 7) is 0.341. The molecule has 2 bridgehead atoms. The number of carbonyl (C=O) groups is 1. The van der Waals surface area contributed by atoms with Crippen LogP contribution in [0.4, 0.5) is 12.7 Å². The van der Waals surface area contributed by atoms with Crippen molar-refractivity contribution in [2.24, 2.45) is 5.41 Å². The van der Waals surface area contributed by atoms with E-state index in [1.165, 1.54) is 18.2 Å². The average Bonchev–Trinajstić information content (AvgIpc) is 3.37. The summed E-state index contributed by atoms with van der Waals surface area (Å²) in [6.07, 6.45) is 4.54. The fourth-order valence-electron chi connectivity index (χ4n) is 5.28. The van der Waals surface area contributed by atoms with Crippen LogP contribution >= 0.6 is 0 Å². The van der Waals surface area contributed by atoms with E-state index >= 15 is 0 Å². The third-order valence-electron chi connectivity index (χ3n) is 7.48. The highest BCUT2D eigenvalue weighted by Crippen LogP contribution is 2.57. The van der Waals surface area contributed by atoms with Crippen LogP contribution in [0.1, 0.15) is 54.7 Å². The molecule has 13 heteroatoms. The SMILES string of the molecule is O=C(NCC12CCC(c3noc(-c4cccc(OS(=O)(=O)F)c4)n3)(CC1)CC2)c1cc(F)c(O)c(F)c1. The minimum absolute atomic E-state index is 0.147. The van der Waals surface area contributed by atoms with Crippen molar-refractivity contribution in [2.75, 3.05) is 6.54 Å². The van der Waals surface area contributed by atoms with Crippen molar-refractivity contribution in [3.63, 3.8) is 0 Å². The van der Waals surface area contributed by atoms with Gasteiger partial charge in [-0.25, -0.2) is 8.78 Å². The number of rotatable bonds is 7. The lowest BCUT2D eigenvalue weighted by Gasteiger charge is -2.52. The van der Waals surface area contributed by atoms with Crippen LogP contribution in [0.5, 0.6) is 11.5 Å². The van der Waals surface area contributed by atoms with E-state index in [2.05, 4.69) is 19.6 Å². The number of benzene rings is 2. The van der Waals surface area contributed by atoms with E-state index in [1.54, 1.807) is 6.07 Å². The van der Waals surface area contributed by atoms with Crippen molar-refractivity contribution in [1.29, 1.82) is 0 Å². The van der Waals surface area contributed by atoms with Gasteiger partial charge in [0, 0.05) is 23.1 Å². The Hall–Kier alpha value is -3.61. The molecule has 1 aromatic heterocycles. The van der Waals surface area contributed by atoms with E-state index in [-0.39, 0.29) is 28.0 Å². The van der Waals surface area contributed by atoms with Crippen molar-refractivity contribution in [3.8, 4) is 23.0 Å². The number of phenolic OH excluding ortho intramolecular Hbond substituents is 1. The third-order valence-corrected chi connectivity index (χ3v) is 7.87. The lowest BCUT2D eigenvalue weighted by Crippen LogP contribution is -2.49. The topological polar surface area (TPSA) is 132 Å². The predicted molar refractivity (Wildman–Crippen MR) is 123 cm³/mol. The quantitative estimate of drug-likeness (QED) is 0.426. The molecule has 37 heavy (non-hydrogen) atoms. The van der Waals surface area contributed by atoms with Crippen molar-refractivity contribution >= 4 is 16.4 Å². The third kappa shape index (κ3) is 4.99. The first-order valence-corrected chi connectivity index (χ1v) is 12.8. The number of aromatic hydroxyl groups is 1. The molecular weight excluding hydrogens is 515 g/mol. The molecule has 0 saturated heterocycles. The number of amides is 1. The summed E-state index contributed by atoms with van der Waals surface area (Å²) in [5, 5.41) is 16.2. The molecule has 3 aromatic rings. The molecule has 3 aliphatic carbocycles. The maximum atomic E-state index is 13.6. The Morgan fingerprint density at radius 3 is 2.35 bits per heavy atom. The number of aromatic nitrogens is 2. The molecule has 9 nitrogen and oxygen atoms in total. The Morgan fingerprint density at radius 1 is 1.08 bits per heavy atom. The van der Waals surface area contributed by atoms with Crippen LogP contribution < -0.4 is 9.50 Å². The van der Waals surface area contributed by atoms with Gasteiger partial charge in [0.25, 0.3) is 11.8 Å². The zero-order valence-corrected chi connectivity index (χ0v) is 20.2. The molecule has 2 N–H and O–H groups in total. The van der Waals surface area contributed by atoms with Crippen LogP contribution in [0, 0.1) is 17.0 Å². The molecule has 1 amide bonds. The molecule has 0 spiro atoms. The minimum Gasteiger partial charge on any atom is -0.503 e. The Labute approximate surface area is 210 Å². The smallest absolute Gasteiger partial charge is 0.488 e. The van der Waals surface area contributed by atoms with E-state index in [0.29, 0.717) is 17.9 Å². The van der Waals surface area contributed by atoms with E-state index in [9.17, 15) is 31.0 Å². The average molecular weight is 538 g/mol. The van der Waals surface area contributed by atoms with Crippen molar-refractivity contribution < 1.29 is 39.7 Å². The predicted octanol–water partition coefficient (Wildman–Crippen LogP) is 4.34. The molecular formula is C24H22F3N3O6S. The Kier molecular flexibility index (Phi) is 6.13. The number of hydrogen-bond acceptors (Lipinski definition) is 8. The fourth-order valence-corrected chi connectivity index (χ4v) is 5.62. The number of nitrogens with zero attached hydrogens (tertiary/aromatic N) is 2. The molecule has 0 atom stereocenters. The normalized spacial score (nSPS) is 23.1. The summed E-state index contributed by atoms with van der Waals surface area (Å²) in [5.74, 6) is -3.69. The number of carbonyl (C=O) groups excluding carboxylic acids is 1. The maximum Gasteiger partial charge on any atom is 0.488 e. The molecule has 1 heterocycles. The molecule has 6 rings (SSSR count). The monoisotopic (exact) mass is 537 g/mol.